The summed E-state index contributed by atoms with van der Waals surface area (Å²) in [5.74, 6) is 0.510. The van der Waals surface area contributed by atoms with Crippen molar-refractivity contribution in [3.05, 3.63) is 23.9 Å². The molecular formula is C12H19N3O2. The van der Waals surface area contributed by atoms with E-state index in [9.17, 15) is 4.79 Å². The Hall–Kier alpha value is -1.62. The Labute approximate surface area is 102 Å². The number of aromatic nitrogens is 1. The normalized spacial score (nSPS) is 11.1. The lowest BCUT2D eigenvalue weighted by molar-refractivity contribution is -0.0589. The lowest BCUT2D eigenvalue weighted by Gasteiger charge is -2.19. The molecule has 0 bridgehead atoms. The number of rotatable bonds is 3. The van der Waals surface area contributed by atoms with Crippen molar-refractivity contribution in [3.8, 4) is 0 Å². The van der Waals surface area contributed by atoms with E-state index in [4.69, 9.17) is 4.84 Å². The van der Waals surface area contributed by atoms with Gasteiger partial charge in [0.05, 0.1) is 11.2 Å². The van der Waals surface area contributed by atoms with Crippen molar-refractivity contribution in [2.45, 2.75) is 26.4 Å². The van der Waals surface area contributed by atoms with Crippen LogP contribution in [-0.4, -0.2) is 30.6 Å². The van der Waals surface area contributed by atoms with Gasteiger partial charge in [0, 0.05) is 20.3 Å². The molecule has 0 saturated heterocycles. The Bertz CT molecular complexity index is 380. The van der Waals surface area contributed by atoms with Crippen LogP contribution in [0.4, 0.5) is 5.82 Å². The SMILES string of the molecule is CN(C)c1ccc(C(=O)NOC(C)(C)C)cn1. The van der Waals surface area contributed by atoms with E-state index >= 15 is 0 Å². The van der Waals surface area contributed by atoms with Crippen molar-refractivity contribution in [1.29, 1.82) is 0 Å². The average Bonchev–Trinajstić information content (AvgIpc) is 2.25. The van der Waals surface area contributed by atoms with E-state index in [0.717, 1.165) is 5.82 Å². The minimum absolute atomic E-state index is 0.294. The Kier molecular flexibility index (Phi) is 4.07. The predicted molar refractivity (Wildman–Crippen MR) is 66.9 cm³/mol. The van der Waals surface area contributed by atoms with Gasteiger partial charge in [-0.25, -0.2) is 10.5 Å². The third-order valence-electron chi connectivity index (χ3n) is 1.92. The molecule has 0 atom stereocenters. The standard InChI is InChI=1S/C12H19N3O2/c1-12(2,3)17-14-11(16)9-6-7-10(13-8-9)15(4)5/h6-8H,1-5H3,(H,14,16). The molecule has 0 spiro atoms. The van der Waals surface area contributed by atoms with E-state index in [0.29, 0.717) is 5.56 Å². The van der Waals surface area contributed by atoms with E-state index in [1.807, 2.05) is 39.8 Å². The highest BCUT2D eigenvalue weighted by molar-refractivity contribution is 5.93. The highest BCUT2D eigenvalue weighted by Crippen LogP contribution is 2.09. The van der Waals surface area contributed by atoms with Crippen LogP contribution in [0, 0.1) is 0 Å². The number of amides is 1. The van der Waals surface area contributed by atoms with Crippen LogP contribution in [0.2, 0.25) is 0 Å². The summed E-state index contributed by atoms with van der Waals surface area (Å²) in [7, 11) is 3.79. The number of carbonyl (C=O) groups is 1. The van der Waals surface area contributed by atoms with Crippen LogP contribution in [-0.2, 0) is 4.84 Å². The van der Waals surface area contributed by atoms with Gasteiger partial charge >= 0.3 is 0 Å². The van der Waals surface area contributed by atoms with Crippen LogP contribution >= 0.6 is 0 Å². The van der Waals surface area contributed by atoms with Crippen LogP contribution in [0.3, 0.4) is 0 Å². The van der Waals surface area contributed by atoms with E-state index in [1.165, 1.54) is 6.20 Å². The number of hydrogen-bond acceptors (Lipinski definition) is 4. The summed E-state index contributed by atoms with van der Waals surface area (Å²) in [5, 5.41) is 0. The van der Waals surface area contributed by atoms with Crippen LogP contribution < -0.4 is 10.4 Å². The minimum Gasteiger partial charge on any atom is -0.363 e. The second-order valence-electron chi connectivity index (χ2n) is 4.95. The molecule has 0 aliphatic carbocycles. The van der Waals surface area contributed by atoms with E-state index < -0.39 is 5.60 Å². The topological polar surface area (TPSA) is 54.5 Å². The molecule has 0 unspecified atom stereocenters. The lowest BCUT2D eigenvalue weighted by Crippen LogP contribution is -2.33. The summed E-state index contributed by atoms with van der Waals surface area (Å²) in [6.45, 7) is 5.59. The van der Waals surface area contributed by atoms with Crippen molar-refractivity contribution in [2.24, 2.45) is 0 Å². The highest BCUT2D eigenvalue weighted by atomic mass is 16.7. The Balaban J connectivity index is 2.64. The maximum absolute atomic E-state index is 11.7. The van der Waals surface area contributed by atoms with E-state index in [-0.39, 0.29) is 5.91 Å². The molecule has 0 radical (unpaired) electrons. The summed E-state index contributed by atoms with van der Waals surface area (Å²) < 4.78 is 0. The van der Waals surface area contributed by atoms with Crippen molar-refractivity contribution < 1.29 is 9.63 Å². The minimum atomic E-state index is -0.410. The first-order chi connectivity index (χ1) is 7.79. The summed E-state index contributed by atoms with van der Waals surface area (Å²) in [6, 6.07) is 3.50. The number of nitrogens with one attached hydrogen (secondary N) is 1. The number of pyridine rings is 1. The molecule has 1 amide bonds. The van der Waals surface area contributed by atoms with Gasteiger partial charge in [0.1, 0.15) is 5.82 Å². The molecule has 17 heavy (non-hydrogen) atoms. The molecule has 1 aromatic heterocycles. The smallest absolute Gasteiger partial charge is 0.276 e. The number of anilines is 1. The fraction of sp³-hybridized carbons (Fsp3) is 0.500. The summed E-state index contributed by atoms with van der Waals surface area (Å²) in [6.07, 6.45) is 1.52. The zero-order valence-corrected chi connectivity index (χ0v) is 10.9. The van der Waals surface area contributed by atoms with Crippen molar-refractivity contribution in [2.75, 3.05) is 19.0 Å². The molecule has 1 N–H and O–H groups in total. The average molecular weight is 237 g/mol. The van der Waals surface area contributed by atoms with Gasteiger partial charge < -0.3 is 4.90 Å². The van der Waals surface area contributed by atoms with Gasteiger partial charge in [0.2, 0.25) is 0 Å². The first kappa shape index (κ1) is 13.4. The fourth-order valence-corrected chi connectivity index (χ4v) is 1.04. The second-order valence-corrected chi connectivity index (χ2v) is 4.95. The van der Waals surface area contributed by atoms with Gasteiger partial charge in [-0.1, -0.05) is 0 Å². The lowest BCUT2D eigenvalue weighted by atomic mass is 10.2. The Morgan fingerprint density at radius 1 is 1.35 bits per heavy atom. The molecule has 5 heteroatoms. The van der Waals surface area contributed by atoms with Gasteiger partial charge in [-0.05, 0) is 32.9 Å². The fourth-order valence-electron chi connectivity index (χ4n) is 1.04. The number of hydroxylamine groups is 1. The molecular weight excluding hydrogens is 218 g/mol. The summed E-state index contributed by atoms with van der Waals surface area (Å²) in [4.78, 5) is 22.9. The predicted octanol–water partition coefficient (Wildman–Crippen LogP) is 1.61. The summed E-state index contributed by atoms with van der Waals surface area (Å²) in [5.41, 5.74) is 2.46. The first-order valence-electron chi connectivity index (χ1n) is 5.41. The van der Waals surface area contributed by atoms with Crippen LogP contribution in [0.5, 0.6) is 0 Å². The molecule has 0 aliphatic rings. The molecule has 1 rings (SSSR count). The van der Waals surface area contributed by atoms with Gasteiger partial charge in [-0.2, -0.15) is 0 Å². The second kappa shape index (κ2) is 5.14. The maximum atomic E-state index is 11.7. The molecule has 5 nitrogen and oxygen atoms in total. The van der Waals surface area contributed by atoms with Crippen molar-refractivity contribution in [3.63, 3.8) is 0 Å². The molecule has 0 saturated carbocycles. The monoisotopic (exact) mass is 237 g/mol. The zero-order chi connectivity index (χ0) is 13.1. The zero-order valence-electron chi connectivity index (χ0n) is 10.9. The van der Waals surface area contributed by atoms with E-state index in [2.05, 4.69) is 10.5 Å². The van der Waals surface area contributed by atoms with Gasteiger partial charge in [0.15, 0.2) is 0 Å². The Morgan fingerprint density at radius 3 is 2.41 bits per heavy atom. The molecule has 1 aromatic rings. The molecule has 0 fully saturated rings. The van der Waals surface area contributed by atoms with Crippen LogP contribution in [0.15, 0.2) is 18.3 Å². The summed E-state index contributed by atoms with van der Waals surface area (Å²) >= 11 is 0. The molecule has 0 aromatic carbocycles. The van der Waals surface area contributed by atoms with Crippen molar-refractivity contribution in [1.82, 2.24) is 10.5 Å². The third-order valence-corrected chi connectivity index (χ3v) is 1.92. The van der Waals surface area contributed by atoms with Gasteiger partial charge in [0.25, 0.3) is 5.91 Å². The van der Waals surface area contributed by atoms with Crippen LogP contribution in [0.1, 0.15) is 31.1 Å². The highest BCUT2D eigenvalue weighted by Gasteiger charge is 2.14. The third kappa shape index (κ3) is 4.40. The number of nitrogens with zero attached hydrogens (tertiary/aromatic N) is 2. The molecule has 94 valence electrons. The van der Waals surface area contributed by atoms with Gasteiger partial charge in [-0.3, -0.25) is 9.63 Å². The number of carbonyl (C=O) groups excluding carboxylic acids is 1. The van der Waals surface area contributed by atoms with E-state index in [1.54, 1.807) is 12.1 Å². The quantitative estimate of drug-likeness (QED) is 0.811. The van der Waals surface area contributed by atoms with Crippen LogP contribution in [0.25, 0.3) is 0 Å². The molecule has 1 heterocycles. The number of hydrogen-bond donors (Lipinski definition) is 1. The molecule has 0 aliphatic heterocycles. The maximum Gasteiger partial charge on any atom is 0.276 e. The first-order valence-corrected chi connectivity index (χ1v) is 5.41. The van der Waals surface area contributed by atoms with Gasteiger partial charge in [-0.15, -0.1) is 0 Å². The van der Waals surface area contributed by atoms with Crippen molar-refractivity contribution >= 4 is 11.7 Å². The largest absolute Gasteiger partial charge is 0.363 e. The Morgan fingerprint density at radius 2 is 2.00 bits per heavy atom.